The van der Waals surface area contributed by atoms with Gasteiger partial charge < -0.3 is 14.4 Å². The monoisotopic (exact) mass is 269 g/mol. The van der Waals surface area contributed by atoms with Crippen LogP contribution in [0, 0.1) is 0 Å². The molecule has 2 fully saturated rings. The largest absolute Gasteiger partial charge is 0.378 e. The van der Waals surface area contributed by atoms with Gasteiger partial charge in [0, 0.05) is 26.0 Å². The highest BCUT2D eigenvalue weighted by Gasteiger charge is 2.41. The van der Waals surface area contributed by atoms with Gasteiger partial charge >= 0.3 is 0 Å². The van der Waals surface area contributed by atoms with Crippen LogP contribution in [-0.2, 0) is 15.9 Å². The smallest absolute Gasteiger partial charge is 0.208 e. The maximum atomic E-state index is 5.92. The van der Waals surface area contributed by atoms with Gasteiger partial charge in [-0.05, 0) is 6.42 Å². The van der Waals surface area contributed by atoms with Crippen molar-refractivity contribution in [3.05, 3.63) is 5.01 Å². The molecule has 2 saturated heterocycles. The van der Waals surface area contributed by atoms with E-state index < -0.39 is 0 Å². The van der Waals surface area contributed by atoms with Gasteiger partial charge in [-0.1, -0.05) is 18.3 Å². The fourth-order valence-electron chi connectivity index (χ4n) is 2.52. The lowest BCUT2D eigenvalue weighted by Gasteiger charge is -2.39. The summed E-state index contributed by atoms with van der Waals surface area (Å²) >= 11 is 1.71. The van der Waals surface area contributed by atoms with Gasteiger partial charge in [0.1, 0.15) is 10.6 Å². The Balaban J connectivity index is 1.71. The molecule has 3 rings (SSSR count). The fraction of sp³-hybridized carbons (Fsp3) is 0.833. The Kier molecular flexibility index (Phi) is 3.50. The van der Waals surface area contributed by atoms with Crippen molar-refractivity contribution in [2.24, 2.45) is 0 Å². The first-order valence-electron chi connectivity index (χ1n) is 6.60. The first-order chi connectivity index (χ1) is 8.81. The van der Waals surface area contributed by atoms with Crippen LogP contribution in [0.1, 0.15) is 24.8 Å². The van der Waals surface area contributed by atoms with E-state index in [1.54, 1.807) is 11.3 Å². The van der Waals surface area contributed by atoms with Gasteiger partial charge in [0.05, 0.1) is 19.8 Å². The summed E-state index contributed by atoms with van der Waals surface area (Å²) in [7, 11) is 0. The highest BCUT2D eigenvalue weighted by Crippen LogP contribution is 2.31. The van der Waals surface area contributed by atoms with Crippen LogP contribution in [0.4, 0.5) is 5.13 Å². The molecule has 2 aliphatic heterocycles. The van der Waals surface area contributed by atoms with E-state index in [1.165, 1.54) is 0 Å². The second kappa shape index (κ2) is 5.11. The standard InChI is InChI=1S/C12H19N3O2S/c1-2-3-10-13-14-11(18-10)15-5-7-17-12(8-15)4-6-16-9-12/h2-9H2,1H3. The number of hydrogen-bond acceptors (Lipinski definition) is 6. The van der Waals surface area contributed by atoms with Crippen LogP contribution < -0.4 is 4.90 Å². The lowest BCUT2D eigenvalue weighted by atomic mass is 10.0. The lowest BCUT2D eigenvalue weighted by Crippen LogP contribution is -2.52. The molecule has 0 amide bonds. The molecule has 5 nitrogen and oxygen atoms in total. The quantitative estimate of drug-likeness (QED) is 0.832. The second-order valence-electron chi connectivity index (χ2n) is 4.98. The molecule has 1 atom stereocenters. The molecule has 6 heteroatoms. The fourth-order valence-corrected chi connectivity index (χ4v) is 3.49. The van der Waals surface area contributed by atoms with Gasteiger partial charge in [-0.25, -0.2) is 0 Å². The molecule has 0 radical (unpaired) electrons. The summed E-state index contributed by atoms with van der Waals surface area (Å²) in [5.41, 5.74) is -0.102. The van der Waals surface area contributed by atoms with Crippen molar-refractivity contribution in [3.8, 4) is 0 Å². The summed E-state index contributed by atoms with van der Waals surface area (Å²) < 4.78 is 11.4. The van der Waals surface area contributed by atoms with Crippen molar-refractivity contribution in [1.82, 2.24) is 10.2 Å². The van der Waals surface area contributed by atoms with E-state index in [2.05, 4.69) is 22.0 Å². The van der Waals surface area contributed by atoms with Crippen molar-refractivity contribution in [2.75, 3.05) is 37.8 Å². The van der Waals surface area contributed by atoms with Crippen LogP contribution in [-0.4, -0.2) is 48.7 Å². The molecular formula is C12H19N3O2S. The predicted molar refractivity (Wildman–Crippen MR) is 70.2 cm³/mol. The molecule has 1 unspecified atom stereocenters. The van der Waals surface area contributed by atoms with Crippen molar-refractivity contribution >= 4 is 16.5 Å². The van der Waals surface area contributed by atoms with E-state index in [0.29, 0.717) is 6.61 Å². The SMILES string of the molecule is CCCc1nnc(N2CCOC3(CCOC3)C2)s1. The van der Waals surface area contributed by atoms with Gasteiger partial charge in [-0.2, -0.15) is 0 Å². The molecule has 100 valence electrons. The number of ether oxygens (including phenoxy) is 2. The van der Waals surface area contributed by atoms with Crippen LogP contribution in [0.5, 0.6) is 0 Å². The van der Waals surface area contributed by atoms with Crippen molar-refractivity contribution in [2.45, 2.75) is 31.8 Å². The Morgan fingerprint density at radius 3 is 3.11 bits per heavy atom. The van der Waals surface area contributed by atoms with E-state index in [1.807, 2.05) is 0 Å². The van der Waals surface area contributed by atoms with Gasteiger partial charge in [0.15, 0.2) is 0 Å². The Bertz CT molecular complexity index is 404. The molecule has 2 aliphatic rings. The number of aryl methyl sites for hydroxylation is 1. The number of nitrogens with zero attached hydrogens (tertiary/aromatic N) is 3. The second-order valence-corrected chi connectivity index (χ2v) is 6.02. The molecule has 0 saturated carbocycles. The van der Waals surface area contributed by atoms with Crippen LogP contribution in [0.2, 0.25) is 0 Å². The van der Waals surface area contributed by atoms with Crippen molar-refractivity contribution < 1.29 is 9.47 Å². The maximum Gasteiger partial charge on any atom is 0.208 e. The van der Waals surface area contributed by atoms with Gasteiger partial charge in [0.25, 0.3) is 0 Å². The zero-order chi connectivity index (χ0) is 12.4. The lowest BCUT2D eigenvalue weighted by molar-refractivity contribution is -0.0579. The van der Waals surface area contributed by atoms with E-state index in [4.69, 9.17) is 9.47 Å². The first-order valence-corrected chi connectivity index (χ1v) is 7.42. The summed E-state index contributed by atoms with van der Waals surface area (Å²) in [4.78, 5) is 2.30. The molecule has 0 N–H and O–H groups in total. The predicted octanol–water partition coefficient (Wildman–Crippen LogP) is 1.49. The molecule has 0 aromatic carbocycles. The normalized spacial score (nSPS) is 28.2. The van der Waals surface area contributed by atoms with Crippen LogP contribution in [0.15, 0.2) is 0 Å². The van der Waals surface area contributed by atoms with Crippen molar-refractivity contribution in [1.29, 1.82) is 0 Å². The number of rotatable bonds is 3. The number of aromatic nitrogens is 2. The van der Waals surface area contributed by atoms with E-state index in [0.717, 1.165) is 55.7 Å². The van der Waals surface area contributed by atoms with E-state index >= 15 is 0 Å². The van der Waals surface area contributed by atoms with Gasteiger partial charge in [-0.15, -0.1) is 10.2 Å². The molecule has 1 aromatic heterocycles. The minimum atomic E-state index is -0.102. The maximum absolute atomic E-state index is 5.92. The van der Waals surface area contributed by atoms with Gasteiger partial charge in [-0.3, -0.25) is 0 Å². The van der Waals surface area contributed by atoms with Crippen molar-refractivity contribution in [3.63, 3.8) is 0 Å². The Labute approximate surface area is 111 Å². The molecule has 0 aliphatic carbocycles. The third-order valence-corrected chi connectivity index (χ3v) is 4.55. The van der Waals surface area contributed by atoms with Gasteiger partial charge in [0.2, 0.25) is 5.13 Å². The van der Waals surface area contributed by atoms with E-state index in [-0.39, 0.29) is 5.60 Å². The topological polar surface area (TPSA) is 47.5 Å². The Hall–Kier alpha value is -0.720. The highest BCUT2D eigenvalue weighted by molar-refractivity contribution is 7.15. The minimum Gasteiger partial charge on any atom is -0.378 e. The molecular weight excluding hydrogens is 250 g/mol. The third kappa shape index (κ3) is 2.37. The average molecular weight is 269 g/mol. The minimum absolute atomic E-state index is 0.102. The summed E-state index contributed by atoms with van der Waals surface area (Å²) in [5.74, 6) is 0. The average Bonchev–Trinajstić information content (AvgIpc) is 3.00. The molecule has 18 heavy (non-hydrogen) atoms. The number of morpholine rings is 1. The number of hydrogen-bond donors (Lipinski definition) is 0. The molecule has 1 spiro atoms. The summed E-state index contributed by atoms with van der Waals surface area (Å²) in [6.45, 7) is 6.23. The Morgan fingerprint density at radius 1 is 1.39 bits per heavy atom. The summed E-state index contributed by atoms with van der Waals surface area (Å²) in [6.07, 6.45) is 3.13. The Morgan fingerprint density at radius 2 is 2.33 bits per heavy atom. The molecule has 0 bridgehead atoms. The zero-order valence-electron chi connectivity index (χ0n) is 10.7. The summed E-state index contributed by atoms with van der Waals surface area (Å²) in [5, 5.41) is 10.7. The highest BCUT2D eigenvalue weighted by atomic mass is 32.1. The zero-order valence-corrected chi connectivity index (χ0v) is 11.5. The third-order valence-electron chi connectivity index (χ3n) is 3.51. The van der Waals surface area contributed by atoms with Crippen LogP contribution in [0.3, 0.4) is 0 Å². The molecule has 3 heterocycles. The van der Waals surface area contributed by atoms with Crippen LogP contribution in [0.25, 0.3) is 0 Å². The first kappa shape index (κ1) is 12.3. The van der Waals surface area contributed by atoms with E-state index in [9.17, 15) is 0 Å². The van der Waals surface area contributed by atoms with Crippen LogP contribution >= 0.6 is 11.3 Å². The molecule has 1 aromatic rings. The summed E-state index contributed by atoms with van der Waals surface area (Å²) in [6, 6.07) is 0. The number of anilines is 1.